The molecule has 1 aromatic rings. The van der Waals surface area contributed by atoms with Gasteiger partial charge in [0.1, 0.15) is 0 Å². The molecule has 1 rings (SSSR count). The third-order valence-corrected chi connectivity index (χ3v) is 4.96. The van der Waals surface area contributed by atoms with Crippen LogP contribution in [0.25, 0.3) is 0 Å². The minimum absolute atomic E-state index is 0.0930. The van der Waals surface area contributed by atoms with E-state index in [0.29, 0.717) is 11.5 Å². The van der Waals surface area contributed by atoms with Gasteiger partial charge in [0.2, 0.25) is 0 Å². The molecule has 96 valence electrons. The average Bonchev–Trinajstić information content (AvgIpc) is 2.15. The van der Waals surface area contributed by atoms with Crippen LogP contribution in [0, 0.1) is 5.41 Å². The predicted molar refractivity (Wildman–Crippen MR) is 74.9 cm³/mol. The van der Waals surface area contributed by atoms with E-state index >= 15 is 0 Å². The van der Waals surface area contributed by atoms with Crippen molar-refractivity contribution in [3.05, 3.63) is 29.8 Å². The Bertz CT molecular complexity index is 416. The van der Waals surface area contributed by atoms with E-state index in [1.165, 1.54) is 0 Å². The molecule has 0 amide bonds. The maximum Gasteiger partial charge on any atom is 0.0498 e. The molecule has 0 N–H and O–H groups in total. The van der Waals surface area contributed by atoms with Crippen LogP contribution in [-0.4, -0.2) is 20.4 Å². The molecule has 2 unspecified atom stereocenters. The third-order valence-electron chi connectivity index (χ3n) is 2.18. The van der Waals surface area contributed by atoms with E-state index in [9.17, 15) is 8.42 Å². The van der Waals surface area contributed by atoms with Crippen LogP contribution in [0.1, 0.15) is 26.3 Å². The number of hydrogen-bond donors (Lipinski definition) is 0. The lowest BCUT2D eigenvalue weighted by atomic mass is 10.0. The monoisotopic (exact) mass is 272 g/mol. The van der Waals surface area contributed by atoms with Gasteiger partial charge >= 0.3 is 0 Å². The first-order valence-electron chi connectivity index (χ1n) is 5.55. The highest BCUT2D eigenvalue weighted by Gasteiger charge is 2.15. The van der Waals surface area contributed by atoms with Gasteiger partial charge < -0.3 is 0 Å². The molecule has 0 aliphatic heterocycles. The van der Waals surface area contributed by atoms with Crippen LogP contribution >= 0.6 is 0 Å². The molecule has 0 saturated carbocycles. The molecule has 4 heteroatoms. The van der Waals surface area contributed by atoms with Gasteiger partial charge in [-0.05, 0) is 23.1 Å². The highest BCUT2D eigenvalue weighted by molar-refractivity contribution is 7.84. The number of benzene rings is 1. The molecule has 17 heavy (non-hydrogen) atoms. The third kappa shape index (κ3) is 5.59. The summed E-state index contributed by atoms with van der Waals surface area (Å²) < 4.78 is 23.1. The molecule has 0 aliphatic carbocycles. The van der Waals surface area contributed by atoms with Gasteiger partial charge in [-0.3, -0.25) is 8.42 Å². The molecule has 0 aromatic heterocycles. The number of hydrogen-bond acceptors (Lipinski definition) is 2. The van der Waals surface area contributed by atoms with Gasteiger partial charge in [0.05, 0.1) is 0 Å². The maximum atomic E-state index is 11.9. The van der Waals surface area contributed by atoms with Crippen LogP contribution in [0.4, 0.5) is 0 Å². The Hall–Kier alpha value is -0.480. The molecule has 0 aliphatic rings. The Morgan fingerprint density at radius 1 is 1.06 bits per heavy atom. The van der Waals surface area contributed by atoms with Crippen LogP contribution in [0.15, 0.2) is 29.2 Å². The SMILES string of the molecule is CS(=O)c1ccc(CS(=O)CC(C)(C)C)cc1. The lowest BCUT2D eigenvalue weighted by Crippen LogP contribution is -2.17. The van der Waals surface area contributed by atoms with Crippen LogP contribution in [0.5, 0.6) is 0 Å². The highest BCUT2D eigenvalue weighted by Crippen LogP contribution is 2.17. The minimum Gasteiger partial charge on any atom is -0.259 e. The van der Waals surface area contributed by atoms with E-state index in [1.807, 2.05) is 24.3 Å². The Balaban J connectivity index is 2.64. The summed E-state index contributed by atoms with van der Waals surface area (Å²) in [6.45, 7) is 6.27. The molecule has 0 heterocycles. The van der Waals surface area contributed by atoms with Crippen molar-refractivity contribution in [2.24, 2.45) is 5.41 Å². The zero-order chi connectivity index (χ0) is 13.1. The molecular formula is C13H20O2S2. The quantitative estimate of drug-likeness (QED) is 0.844. The van der Waals surface area contributed by atoms with Crippen molar-refractivity contribution in [2.75, 3.05) is 12.0 Å². The summed E-state index contributed by atoms with van der Waals surface area (Å²) in [5.41, 5.74) is 1.14. The van der Waals surface area contributed by atoms with Gasteiger partial charge in [0.25, 0.3) is 0 Å². The fourth-order valence-electron chi connectivity index (χ4n) is 1.50. The van der Waals surface area contributed by atoms with Gasteiger partial charge in [-0.2, -0.15) is 0 Å². The predicted octanol–water partition coefficient (Wildman–Crippen LogP) is 2.72. The molecular weight excluding hydrogens is 252 g/mol. The molecule has 1 aromatic carbocycles. The molecule has 0 radical (unpaired) electrons. The summed E-state index contributed by atoms with van der Waals surface area (Å²) in [5.74, 6) is 1.28. The Kier molecular flexibility index (Phi) is 5.07. The van der Waals surface area contributed by atoms with Crippen molar-refractivity contribution in [1.82, 2.24) is 0 Å². The van der Waals surface area contributed by atoms with Gasteiger partial charge in [0.15, 0.2) is 0 Å². The first-order valence-corrected chi connectivity index (χ1v) is 8.60. The topological polar surface area (TPSA) is 34.1 Å². The largest absolute Gasteiger partial charge is 0.259 e. The van der Waals surface area contributed by atoms with Gasteiger partial charge in [0, 0.05) is 44.3 Å². The first-order chi connectivity index (χ1) is 7.78. The second kappa shape index (κ2) is 5.91. The second-order valence-electron chi connectivity index (χ2n) is 5.39. The van der Waals surface area contributed by atoms with E-state index in [0.717, 1.165) is 10.5 Å². The van der Waals surface area contributed by atoms with E-state index in [4.69, 9.17) is 0 Å². The summed E-state index contributed by atoms with van der Waals surface area (Å²) in [6.07, 6.45) is 1.66. The lowest BCUT2D eigenvalue weighted by Gasteiger charge is -2.17. The van der Waals surface area contributed by atoms with Crippen molar-refractivity contribution in [3.8, 4) is 0 Å². The van der Waals surface area contributed by atoms with E-state index in [-0.39, 0.29) is 5.41 Å². The van der Waals surface area contributed by atoms with Gasteiger partial charge in [-0.25, -0.2) is 0 Å². The Labute approximate surface area is 109 Å². The fraction of sp³-hybridized carbons (Fsp3) is 0.538. The molecule has 2 nitrogen and oxygen atoms in total. The first kappa shape index (κ1) is 14.6. The van der Waals surface area contributed by atoms with Crippen molar-refractivity contribution >= 4 is 21.6 Å². The summed E-state index contributed by atoms with van der Waals surface area (Å²) in [6, 6.07) is 7.52. The molecule has 0 saturated heterocycles. The average molecular weight is 272 g/mol. The standard InChI is InChI=1S/C13H20O2S2/c1-13(2,3)10-17(15)9-11-5-7-12(8-6-11)16(4)14/h5-8H,9-10H2,1-4H3. The van der Waals surface area contributed by atoms with Crippen LogP contribution in [-0.2, 0) is 27.4 Å². The minimum atomic E-state index is -0.942. The summed E-state index contributed by atoms with van der Waals surface area (Å²) in [7, 11) is -1.78. The zero-order valence-corrected chi connectivity index (χ0v) is 12.5. The normalized spacial score (nSPS) is 15.5. The molecule has 0 bridgehead atoms. The second-order valence-corrected chi connectivity index (χ2v) is 8.22. The van der Waals surface area contributed by atoms with Crippen LogP contribution < -0.4 is 0 Å². The van der Waals surface area contributed by atoms with E-state index < -0.39 is 21.6 Å². The van der Waals surface area contributed by atoms with Crippen molar-refractivity contribution in [1.29, 1.82) is 0 Å². The lowest BCUT2D eigenvalue weighted by molar-refractivity contribution is 0.474. The van der Waals surface area contributed by atoms with Gasteiger partial charge in [-0.15, -0.1) is 0 Å². The van der Waals surface area contributed by atoms with Crippen LogP contribution in [0.2, 0.25) is 0 Å². The van der Waals surface area contributed by atoms with Gasteiger partial charge in [-0.1, -0.05) is 32.9 Å². The Morgan fingerprint density at radius 3 is 2.00 bits per heavy atom. The molecule has 2 atom stereocenters. The summed E-state index contributed by atoms with van der Waals surface area (Å²) in [5, 5.41) is 0. The van der Waals surface area contributed by atoms with E-state index in [1.54, 1.807) is 6.26 Å². The highest BCUT2D eigenvalue weighted by atomic mass is 32.2. The van der Waals surface area contributed by atoms with E-state index in [2.05, 4.69) is 20.8 Å². The maximum absolute atomic E-state index is 11.9. The molecule has 0 fully saturated rings. The Morgan fingerprint density at radius 2 is 1.59 bits per heavy atom. The fourth-order valence-corrected chi connectivity index (χ4v) is 3.65. The van der Waals surface area contributed by atoms with Crippen molar-refractivity contribution in [2.45, 2.75) is 31.4 Å². The smallest absolute Gasteiger partial charge is 0.0498 e. The summed E-state index contributed by atoms with van der Waals surface area (Å²) in [4.78, 5) is 0.815. The van der Waals surface area contributed by atoms with Crippen molar-refractivity contribution < 1.29 is 8.42 Å². The summed E-state index contributed by atoms with van der Waals surface area (Å²) >= 11 is 0. The number of rotatable bonds is 4. The zero-order valence-electron chi connectivity index (χ0n) is 10.9. The van der Waals surface area contributed by atoms with Crippen molar-refractivity contribution in [3.63, 3.8) is 0 Å². The molecule has 0 spiro atoms. The van der Waals surface area contributed by atoms with Crippen LogP contribution in [0.3, 0.4) is 0 Å².